The SMILES string of the molecule is CC(C)CNC(=O)C(C)N1C(=O)NC(=O)C2(CCC2)C1=O. The Kier molecular flexibility index (Phi) is 4.02. The summed E-state index contributed by atoms with van der Waals surface area (Å²) in [6, 6.07) is -1.74. The number of carbonyl (C=O) groups excluding carboxylic acids is 4. The summed E-state index contributed by atoms with van der Waals surface area (Å²) in [5, 5.41) is 4.90. The molecule has 1 spiro atoms. The molecular weight excluding hydrogens is 274 g/mol. The zero-order valence-electron chi connectivity index (χ0n) is 12.6. The Balaban J connectivity index is 2.13. The van der Waals surface area contributed by atoms with Crippen LogP contribution >= 0.6 is 0 Å². The van der Waals surface area contributed by atoms with Gasteiger partial charge in [-0.1, -0.05) is 20.3 Å². The van der Waals surface area contributed by atoms with Gasteiger partial charge in [0.1, 0.15) is 11.5 Å². The number of amides is 5. The van der Waals surface area contributed by atoms with Crippen molar-refractivity contribution in [2.45, 2.75) is 46.1 Å². The normalized spacial score (nSPS) is 22.1. The number of nitrogens with zero attached hydrogens (tertiary/aromatic N) is 1. The van der Waals surface area contributed by atoms with Crippen molar-refractivity contribution in [1.82, 2.24) is 15.5 Å². The Morgan fingerprint density at radius 2 is 1.90 bits per heavy atom. The average molecular weight is 295 g/mol. The van der Waals surface area contributed by atoms with Gasteiger partial charge in [0.2, 0.25) is 17.7 Å². The summed E-state index contributed by atoms with van der Waals surface area (Å²) < 4.78 is 0. The Labute approximate surface area is 123 Å². The number of hydrogen-bond donors (Lipinski definition) is 2. The van der Waals surface area contributed by atoms with Crippen molar-refractivity contribution in [2.24, 2.45) is 11.3 Å². The van der Waals surface area contributed by atoms with Crippen molar-refractivity contribution in [2.75, 3.05) is 6.54 Å². The monoisotopic (exact) mass is 295 g/mol. The van der Waals surface area contributed by atoms with Crippen LogP contribution in [0.15, 0.2) is 0 Å². The summed E-state index contributed by atoms with van der Waals surface area (Å²) in [5.41, 5.74) is -1.14. The van der Waals surface area contributed by atoms with Crippen LogP contribution in [0, 0.1) is 11.3 Å². The quantitative estimate of drug-likeness (QED) is 0.734. The van der Waals surface area contributed by atoms with Crippen LogP contribution in [-0.4, -0.2) is 41.2 Å². The molecule has 0 radical (unpaired) electrons. The van der Waals surface area contributed by atoms with E-state index in [1.165, 1.54) is 6.92 Å². The second-order valence-corrected chi connectivity index (χ2v) is 6.19. The van der Waals surface area contributed by atoms with Gasteiger partial charge >= 0.3 is 6.03 Å². The third-order valence-electron chi connectivity index (χ3n) is 4.16. The highest BCUT2D eigenvalue weighted by Crippen LogP contribution is 2.44. The van der Waals surface area contributed by atoms with E-state index in [1.807, 2.05) is 13.8 Å². The third-order valence-corrected chi connectivity index (χ3v) is 4.16. The maximum Gasteiger partial charge on any atom is 0.331 e. The second kappa shape index (κ2) is 5.46. The largest absolute Gasteiger partial charge is 0.354 e. The van der Waals surface area contributed by atoms with E-state index < -0.39 is 35.2 Å². The number of hydrogen-bond acceptors (Lipinski definition) is 4. The Bertz CT molecular complexity index is 496. The standard InChI is InChI=1S/C14H21N3O4/c1-8(2)7-15-10(18)9(3)17-12(20)14(5-4-6-14)11(19)16-13(17)21/h8-9H,4-7H2,1-3H3,(H,15,18)(H,16,19,21). The molecule has 7 heteroatoms. The first-order valence-corrected chi connectivity index (χ1v) is 7.26. The number of urea groups is 1. The summed E-state index contributed by atoms with van der Waals surface area (Å²) in [5.74, 6) is -1.20. The Morgan fingerprint density at radius 3 is 2.38 bits per heavy atom. The molecule has 5 amide bonds. The molecule has 116 valence electrons. The number of nitrogens with one attached hydrogen (secondary N) is 2. The highest BCUT2D eigenvalue weighted by molar-refractivity contribution is 6.20. The van der Waals surface area contributed by atoms with Crippen LogP contribution in [0.4, 0.5) is 4.79 Å². The van der Waals surface area contributed by atoms with Gasteiger partial charge in [0, 0.05) is 6.54 Å². The zero-order valence-corrected chi connectivity index (χ0v) is 12.6. The molecule has 2 fully saturated rings. The summed E-state index contributed by atoms with van der Waals surface area (Å²) >= 11 is 0. The van der Waals surface area contributed by atoms with E-state index in [0.717, 1.165) is 11.3 Å². The molecular formula is C14H21N3O4. The minimum atomic E-state index is -1.14. The maximum absolute atomic E-state index is 12.5. The van der Waals surface area contributed by atoms with Crippen LogP contribution in [0.5, 0.6) is 0 Å². The molecule has 21 heavy (non-hydrogen) atoms. The molecule has 0 aromatic rings. The van der Waals surface area contributed by atoms with Crippen LogP contribution in [0.2, 0.25) is 0 Å². The number of imide groups is 2. The smallest absolute Gasteiger partial charge is 0.331 e. The summed E-state index contributed by atoms with van der Waals surface area (Å²) in [6.45, 7) is 5.86. The van der Waals surface area contributed by atoms with E-state index in [0.29, 0.717) is 19.4 Å². The molecule has 1 heterocycles. The minimum Gasteiger partial charge on any atom is -0.354 e. The minimum absolute atomic E-state index is 0.270. The number of barbiturate groups is 1. The Hall–Kier alpha value is -1.92. The molecule has 0 bridgehead atoms. The summed E-state index contributed by atoms with van der Waals surface area (Å²) in [6.07, 6.45) is 1.64. The molecule has 1 unspecified atom stereocenters. The molecule has 2 rings (SSSR count). The van der Waals surface area contributed by atoms with Gasteiger partial charge in [-0.15, -0.1) is 0 Å². The summed E-state index contributed by atoms with van der Waals surface area (Å²) in [4.78, 5) is 49.3. The fourth-order valence-corrected chi connectivity index (χ4v) is 2.59. The van der Waals surface area contributed by atoms with E-state index in [2.05, 4.69) is 10.6 Å². The number of rotatable bonds is 4. The van der Waals surface area contributed by atoms with Crippen molar-refractivity contribution >= 4 is 23.8 Å². The predicted molar refractivity (Wildman–Crippen MR) is 74.0 cm³/mol. The lowest BCUT2D eigenvalue weighted by Gasteiger charge is -2.45. The van der Waals surface area contributed by atoms with Crippen molar-refractivity contribution in [3.05, 3.63) is 0 Å². The first-order valence-electron chi connectivity index (χ1n) is 7.26. The highest BCUT2D eigenvalue weighted by Gasteiger charge is 2.58. The molecule has 2 aliphatic rings. The lowest BCUT2D eigenvalue weighted by Crippen LogP contribution is -2.69. The van der Waals surface area contributed by atoms with Crippen molar-refractivity contribution < 1.29 is 19.2 Å². The van der Waals surface area contributed by atoms with Gasteiger partial charge in [-0.3, -0.25) is 24.6 Å². The lowest BCUT2D eigenvalue weighted by atomic mass is 9.66. The van der Waals surface area contributed by atoms with E-state index in [1.54, 1.807) is 0 Å². The maximum atomic E-state index is 12.5. The highest BCUT2D eigenvalue weighted by atomic mass is 16.2. The molecule has 1 saturated carbocycles. The molecule has 1 saturated heterocycles. The van der Waals surface area contributed by atoms with Gasteiger partial charge in [-0.25, -0.2) is 4.79 Å². The van der Waals surface area contributed by atoms with Gasteiger partial charge in [-0.05, 0) is 25.7 Å². The zero-order chi connectivity index (χ0) is 15.8. The van der Waals surface area contributed by atoms with Gasteiger partial charge in [0.15, 0.2) is 0 Å². The Morgan fingerprint density at radius 1 is 1.29 bits per heavy atom. The topological polar surface area (TPSA) is 95.6 Å². The van der Waals surface area contributed by atoms with Gasteiger partial charge < -0.3 is 5.32 Å². The van der Waals surface area contributed by atoms with Gasteiger partial charge in [0.25, 0.3) is 0 Å². The number of carbonyl (C=O) groups is 4. The van der Waals surface area contributed by atoms with Gasteiger partial charge in [-0.2, -0.15) is 0 Å². The van der Waals surface area contributed by atoms with E-state index >= 15 is 0 Å². The molecule has 0 aromatic carbocycles. The van der Waals surface area contributed by atoms with E-state index in [-0.39, 0.29) is 5.92 Å². The van der Waals surface area contributed by atoms with Crippen molar-refractivity contribution in [3.8, 4) is 0 Å². The van der Waals surface area contributed by atoms with Crippen LogP contribution in [0.1, 0.15) is 40.0 Å². The van der Waals surface area contributed by atoms with E-state index in [4.69, 9.17) is 0 Å². The first-order chi connectivity index (χ1) is 9.79. The molecule has 1 atom stereocenters. The van der Waals surface area contributed by atoms with Crippen LogP contribution in [0.3, 0.4) is 0 Å². The van der Waals surface area contributed by atoms with Crippen LogP contribution in [-0.2, 0) is 14.4 Å². The lowest BCUT2D eigenvalue weighted by molar-refractivity contribution is -0.160. The fourth-order valence-electron chi connectivity index (χ4n) is 2.59. The van der Waals surface area contributed by atoms with Crippen molar-refractivity contribution in [1.29, 1.82) is 0 Å². The molecule has 1 aliphatic heterocycles. The molecule has 7 nitrogen and oxygen atoms in total. The first kappa shape index (κ1) is 15.5. The van der Waals surface area contributed by atoms with Crippen LogP contribution in [0.25, 0.3) is 0 Å². The van der Waals surface area contributed by atoms with Crippen molar-refractivity contribution in [3.63, 3.8) is 0 Å². The average Bonchev–Trinajstić information content (AvgIpc) is 2.33. The van der Waals surface area contributed by atoms with Gasteiger partial charge in [0.05, 0.1) is 0 Å². The van der Waals surface area contributed by atoms with E-state index in [9.17, 15) is 19.2 Å². The summed E-state index contributed by atoms with van der Waals surface area (Å²) in [7, 11) is 0. The molecule has 0 aromatic heterocycles. The fraction of sp³-hybridized carbons (Fsp3) is 0.714. The third kappa shape index (κ3) is 2.52. The molecule has 1 aliphatic carbocycles. The molecule has 2 N–H and O–H groups in total. The predicted octanol–water partition coefficient (Wildman–Crippen LogP) is 0.396. The van der Waals surface area contributed by atoms with Crippen LogP contribution < -0.4 is 10.6 Å². The second-order valence-electron chi connectivity index (χ2n) is 6.19.